The van der Waals surface area contributed by atoms with E-state index in [0.717, 1.165) is 0 Å². The molecule has 88 valence electrons. The van der Waals surface area contributed by atoms with E-state index in [1.54, 1.807) is 0 Å². The molecule has 1 amide bonds. The van der Waals surface area contributed by atoms with Crippen molar-refractivity contribution in [2.24, 2.45) is 0 Å². The van der Waals surface area contributed by atoms with Crippen LogP contribution in [0, 0.1) is 5.82 Å². The Morgan fingerprint density at radius 2 is 2.12 bits per heavy atom. The van der Waals surface area contributed by atoms with E-state index >= 15 is 0 Å². The molecule has 0 fully saturated rings. The maximum Gasteiger partial charge on any atom is 0.291 e. The highest BCUT2D eigenvalue weighted by molar-refractivity contribution is 6.29. The largest absolute Gasteiger partial charge is 0.440 e. The van der Waals surface area contributed by atoms with Gasteiger partial charge in [0.15, 0.2) is 11.0 Å². The van der Waals surface area contributed by atoms with Crippen molar-refractivity contribution < 1.29 is 13.6 Å². The van der Waals surface area contributed by atoms with Crippen molar-refractivity contribution in [1.29, 1.82) is 0 Å². The average Bonchev–Trinajstić information content (AvgIpc) is 2.70. The number of anilines is 2. The van der Waals surface area contributed by atoms with Gasteiger partial charge in [0, 0.05) is 5.69 Å². The van der Waals surface area contributed by atoms with E-state index in [1.807, 2.05) is 0 Å². The van der Waals surface area contributed by atoms with Gasteiger partial charge in [-0.3, -0.25) is 4.79 Å². The summed E-state index contributed by atoms with van der Waals surface area (Å²) >= 11 is 5.52. The number of amides is 1. The highest BCUT2D eigenvalue weighted by atomic mass is 35.5. The molecule has 1 aromatic heterocycles. The fraction of sp³-hybridized carbons (Fsp3) is 0. The van der Waals surface area contributed by atoms with Gasteiger partial charge in [-0.25, -0.2) is 4.39 Å². The molecule has 0 saturated heterocycles. The van der Waals surface area contributed by atoms with Gasteiger partial charge in [-0.15, -0.1) is 0 Å². The Labute approximate surface area is 101 Å². The summed E-state index contributed by atoms with van der Waals surface area (Å²) in [6.45, 7) is 0. The van der Waals surface area contributed by atoms with Crippen LogP contribution >= 0.6 is 11.6 Å². The minimum Gasteiger partial charge on any atom is -0.440 e. The molecule has 0 bridgehead atoms. The summed E-state index contributed by atoms with van der Waals surface area (Å²) in [5.74, 6) is -1.18. The van der Waals surface area contributed by atoms with E-state index in [1.165, 1.54) is 30.3 Å². The zero-order valence-electron chi connectivity index (χ0n) is 8.54. The third-order valence-corrected chi connectivity index (χ3v) is 2.24. The lowest BCUT2D eigenvalue weighted by atomic mass is 10.2. The molecule has 0 atom stereocenters. The highest BCUT2D eigenvalue weighted by Crippen LogP contribution is 2.19. The van der Waals surface area contributed by atoms with Crippen LogP contribution in [0.4, 0.5) is 15.8 Å². The molecule has 0 spiro atoms. The minimum absolute atomic E-state index is 0.00294. The molecule has 0 saturated carbocycles. The van der Waals surface area contributed by atoms with Gasteiger partial charge in [0.1, 0.15) is 5.82 Å². The predicted octanol–water partition coefficient (Wildman–Crippen LogP) is 2.91. The van der Waals surface area contributed by atoms with Crippen molar-refractivity contribution in [3.8, 4) is 0 Å². The van der Waals surface area contributed by atoms with E-state index in [4.69, 9.17) is 21.8 Å². The van der Waals surface area contributed by atoms with E-state index in [-0.39, 0.29) is 16.7 Å². The number of benzene rings is 1. The van der Waals surface area contributed by atoms with Gasteiger partial charge in [0.2, 0.25) is 0 Å². The highest BCUT2D eigenvalue weighted by Gasteiger charge is 2.13. The van der Waals surface area contributed by atoms with Crippen molar-refractivity contribution in [3.05, 3.63) is 47.1 Å². The number of halogens is 2. The van der Waals surface area contributed by atoms with Crippen molar-refractivity contribution in [2.75, 3.05) is 11.1 Å². The fourth-order valence-electron chi connectivity index (χ4n) is 1.26. The quantitative estimate of drug-likeness (QED) is 0.810. The van der Waals surface area contributed by atoms with Crippen molar-refractivity contribution in [1.82, 2.24) is 0 Å². The van der Waals surface area contributed by atoms with Crippen LogP contribution in [-0.2, 0) is 0 Å². The number of hydrogen-bond acceptors (Lipinski definition) is 3. The fourth-order valence-corrected chi connectivity index (χ4v) is 1.41. The number of nitrogens with one attached hydrogen (secondary N) is 1. The lowest BCUT2D eigenvalue weighted by Crippen LogP contribution is -2.12. The Hall–Kier alpha value is -2.01. The lowest BCUT2D eigenvalue weighted by Gasteiger charge is -2.05. The first-order chi connectivity index (χ1) is 8.06. The molecule has 2 aromatic rings. The standard InChI is InChI=1S/C11H8ClFN2O2/c12-10-4-3-9(17-10)11(16)15-8-5-6(14)1-2-7(8)13/h1-5H,14H2,(H,15,16). The Morgan fingerprint density at radius 1 is 1.35 bits per heavy atom. The minimum atomic E-state index is -0.596. The second-order valence-corrected chi connectivity index (χ2v) is 3.67. The predicted molar refractivity (Wildman–Crippen MR) is 62.5 cm³/mol. The number of carbonyl (C=O) groups is 1. The number of furan rings is 1. The first kappa shape index (κ1) is 11.5. The molecule has 2 rings (SSSR count). The van der Waals surface area contributed by atoms with Gasteiger partial charge in [-0.05, 0) is 41.9 Å². The van der Waals surface area contributed by atoms with Crippen LogP contribution in [0.5, 0.6) is 0 Å². The monoisotopic (exact) mass is 254 g/mol. The average molecular weight is 255 g/mol. The van der Waals surface area contributed by atoms with Gasteiger partial charge < -0.3 is 15.5 Å². The molecule has 4 nitrogen and oxygen atoms in total. The summed E-state index contributed by atoms with van der Waals surface area (Å²) in [4.78, 5) is 11.6. The number of carbonyl (C=O) groups excluding carboxylic acids is 1. The normalized spacial score (nSPS) is 10.2. The summed E-state index contributed by atoms with van der Waals surface area (Å²) in [5, 5.41) is 2.42. The maximum atomic E-state index is 13.3. The van der Waals surface area contributed by atoms with Gasteiger partial charge in [0.25, 0.3) is 5.91 Å². The van der Waals surface area contributed by atoms with E-state index < -0.39 is 11.7 Å². The second-order valence-electron chi connectivity index (χ2n) is 3.30. The van der Waals surface area contributed by atoms with Crippen LogP contribution in [0.1, 0.15) is 10.6 Å². The molecule has 0 aliphatic carbocycles. The number of rotatable bonds is 2. The van der Waals surface area contributed by atoms with Gasteiger partial charge in [-0.2, -0.15) is 0 Å². The number of nitrogen functional groups attached to an aromatic ring is 1. The zero-order valence-corrected chi connectivity index (χ0v) is 9.29. The van der Waals surface area contributed by atoms with Crippen LogP contribution in [0.25, 0.3) is 0 Å². The third-order valence-electron chi connectivity index (χ3n) is 2.04. The molecule has 17 heavy (non-hydrogen) atoms. The van der Waals surface area contributed by atoms with Gasteiger partial charge in [-0.1, -0.05) is 0 Å². The van der Waals surface area contributed by atoms with Crippen LogP contribution < -0.4 is 11.1 Å². The van der Waals surface area contributed by atoms with Crippen molar-refractivity contribution in [2.45, 2.75) is 0 Å². The van der Waals surface area contributed by atoms with E-state index in [0.29, 0.717) is 5.69 Å². The second kappa shape index (κ2) is 4.47. The molecule has 0 unspecified atom stereocenters. The van der Waals surface area contributed by atoms with Crippen LogP contribution in [0.2, 0.25) is 5.22 Å². The first-order valence-corrected chi connectivity index (χ1v) is 5.06. The van der Waals surface area contributed by atoms with Crippen molar-refractivity contribution >= 4 is 28.9 Å². The van der Waals surface area contributed by atoms with Crippen LogP contribution in [0.3, 0.4) is 0 Å². The summed E-state index contributed by atoms with van der Waals surface area (Å²) < 4.78 is 18.2. The molecule has 1 aromatic carbocycles. The summed E-state index contributed by atoms with van der Waals surface area (Å²) in [6, 6.07) is 6.70. The Kier molecular flexibility index (Phi) is 3.01. The molecule has 1 heterocycles. The Bertz CT molecular complexity index is 568. The Balaban J connectivity index is 2.21. The maximum absolute atomic E-state index is 13.3. The van der Waals surface area contributed by atoms with Gasteiger partial charge in [0.05, 0.1) is 5.69 Å². The van der Waals surface area contributed by atoms with Gasteiger partial charge >= 0.3 is 0 Å². The van der Waals surface area contributed by atoms with E-state index in [2.05, 4.69) is 5.32 Å². The third kappa shape index (κ3) is 2.57. The van der Waals surface area contributed by atoms with Crippen molar-refractivity contribution in [3.63, 3.8) is 0 Å². The first-order valence-electron chi connectivity index (χ1n) is 4.68. The van der Waals surface area contributed by atoms with Crippen LogP contribution in [0.15, 0.2) is 34.7 Å². The Morgan fingerprint density at radius 3 is 2.76 bits per heavy atom. The smallest absolute Gasteiger partial charge is 0.291 e. The topological polar surface area (TPSA) is 68.3 Å². The molecule has 0 aliphatic rings. The summed E-state index contributed by atoms with van der Waals surface area (Å²) in [5.41, 5.74) is 5.82. The number of nitrogens with two attached hydrogens (primary N) is 1. The number of hydrogen-bond donors (Lipinski definition) is 2. The summed E-state index contributed by atoms with van der Waals surface area (Å²) in [6.07, 6.45) is 0. The lowest BCUT2D eigenvalue weighted by molar-refractivity contribution is 0.0996. The molecule has 0 aliphatic heterocycles. The van der Waals surface area contributed by atoms with Crippen LogP contribution in [-0.4, -0.2) is 5.91 Å². The zero-order chi connectivity index (χ0) is 12.4. The summed E-state index contributed by atoms with van der Waals surface area (Å²) in [7, 11) is 0. The molecule has 6 heteroatoms. The molecule has 0 radical (unpaired) electrons. The molecule has 3 N–H and O–H groups in total. The SMILES string of the molecule is Nc1ccc(F)c(NC(=O)c2ccc(Cl)o2)c1. The molecular weight excluding hydrogens is 247 g/mol. The molecular formula is C11H8ClFN2O2. The van der Waals surface area contributed by atoms with E-state index in [9.17, 15) is 9.18 Å².